The van der Waals surface area contributed by atoms with Crippen molar-refractivity contribution in [1.29, 1.82) is 5.26 Å². The molecular weight excluding hydrogens is 208 g/mol. The van der Waals surface area contributed by atoms with Gasteiger partial charge in [-0.05, 0) is 38.5 Å². The van der Waals surface area contributed by atoms with Gasteiger partial charge in [0.25, 0.3) is 0 Å². The first-order valence-corrected chi connectivity index (χ1v) is 6.14. The van der Waals surface area contributed by atoms with E-state index in [0.717, 1.165) is 18.5 Å². The van der Waals surface area contributed by atoms with E-state index in [1.807, 2.05) is 32.3 Å². The summed E-state index contributed by atoms with van der Waals surface area (Å²) < 4.78 is 0. The molecule has 0 fully saturated rings. The molecule has 1 aromatic carbocycles. The lowest BCUT2D eigenvalue weighted by Gasteiger charge is -2.32. The number of rotatable bonds is 5. The molecule has 0 radical (unpaired) electrons. The molecule has 0 amide bonds. The summed E-state index contributed by atoms with van der Waals surface area (Å²) in [5, 5.41) is 9.64. The van der Waals surface area contributed by atoms with E-state index in [1.165, 1.54) is 0 Å². The predicted molar refractivity (Wildman–Crippen MR) is 71.7 cm³/mol. The highest BCUT2D eigenvalue weighted by Gasteiger charge is 2.35. The van der Waals surface area contributed by atoms with E-state index in [4.69, 9.17) is 0 Å². The maximum atomic E-state index is 9.64. The van der Waals surface area contributed by atoms with Crippen molar-refractivity contribution < 1.29 is 0 Å². The zero-order chi connectivity index (χ0) is 12.9. The molecule has 2 nitrogen and oxygen atoms in total. The SMILES string of the molecule is CC(C)[C@](C#N)(CCN(C)C)c1ccccc1. The van der Waals surface area contributed by atoms with Crippen LogP contribution in [0.2, 0.25) is 0 Å². The van der Waals surface area contributed by atoms with Crippen LogP contribution in [0.15, 0.2) is 30.3 Å². The van der Waals surface area contributed by atoms with Crippen LogP contribution < -0.4 is 0 Å². The molecule has 0 saturated heterocycles. The van der Waals surface area contributed by atoms with Crippen molar-refractivity contribution in [2.45, 2.75) is 25.7 Å². The fourth-order valence-electron chi connectivity index (χ4n) is 2.15. The van der Waals surface area contributed by atoms with Crippen LogP contribution in [-0.2, 0) is 5.41 Å². The van der Waals surface area contributed by atoms with Crippen molar-refractivity contribution in [2.75, 3.05) is 20.6 Å². The van der Waals surface area contributed by atoms with Gasteiger partial charge in [0, 0.05) is 0 Å². The van der Waals surface area contributed by atoms with Gasteiger partial charge in [-0.25, -0.2) is 0 Å². The normalized spacial score (nSPS) is 14.6. The summed E-state index contributed by atoms with van der Waals surface area (Å²) >= 11 is 0. The molecule has 2 heteroatoms. The maximum absolute atomic E-state index is 9.64. The summed E-state index contributed by atoms with van der Waals surface area (Å²) in [5.41, 5.74) is 0.769. The van der Waals surface area contributed by atoms with Crippen molar-refractivity contribution in [1.82, 2.24) is 4.90 Å². The third-order valence-electron chi connectivity index (χ3n) is 3.43. The van der Waals surface area contributed by atoms with Crippen molar-refractivity contribution in [2.24, 2.45) is 5.92 Å². The quantitative estimate of drug-likeness (QED) is 0.777. The standard InChI is InChI=1S/C15H22N2/c1-13(2)15(12-16,10-11-17(3)4)14-8-6-5-7-9-14/h5-9,13H,10-11H2,1-4H3/t15-/m1/s1. The van der Waals surface area contributed by atoms with Crippen molar-refractivity contribution in [3.63, 3.8) is 0 Å². The van der Waals surface area contributed by atoms with Gasteiger partial charge in [-0.15, -0.1) is 0 Å². The lowest BCUT2D eigenvalue weighted by molar-refractivity contribution is 0.303. The number of benzene rings is 1. The molecule has 0 heterocycles. The molecule has 1 aromatic rings. The van der Waals surface area contributed by atoms with E-state index in [-0.39, 0.29) is 5.41 Å². The Labute approximate surface area is 105 Å². The fourth-order valence-corrected chi connectivity index (χ4v) is 2.15. The minimum atomic E-state index is -0.370. The van der Waals surface area contributed by atoms with Gasteiger partial charge in [0.1, 0.15) is 0 Å². The largest absolute Gasteiger partial charge is 0.309 e. The third-order valence-corrected chi connectivity index (χ3v) is 3.43. The van der Waals surface area contributed by atoms with Gasteiger partial charge in [-0.1, -0.05) is 44.2 Å². The molecule has 1 atom stereocenters. The lowest BCUT2D eigenvalue weighted by atomic mass is 9.70. The topological polar surface area (TPSA) is 27.0 Å². The Bertz CT molecular complexity index is 376. The summed E-state index contributed by atoms with van der Waals surface area (Å²) in [7, 11) is 4.10. The highest BCUT2D eigenvalue weighted by Crippen LogP contribution is 2.35. The van der Waals surface area contributed by atoms with E-state index in [1.54, 1.807) is 0 Å². The van der Waals surface area contributed by atoms with Crippen LogP contribution in [0, 0.1) is 17.2 Å². The highest BCUT2D eigenvalue weighted by atomic mass is 15.0. The molecule has 0 aliphatic heterocycles. The average molecular weight is 230 g/mol. The Hall–Kier alpha value is -1.33. The van der Waals surface area contributed by atoms with E-state index < -0.39 is 0 Å². The van der Waals surface area contributed by atoms with Gasteiger partial charge in [0.15, 0.2) is 0 Å². The lowest BCUT2D eigenvalue weighted by Crippen LogP contribution is -2.34. The molecule has 17 heavy (non-hydrogen) atoms. The minimum Gasteiger partial charge on any atom is -0.309 e. The van der Waals surface area contributed by atoms with Crippen molar-refractivity contribution in [3.8, 4) is 6.07 Å². The predicted octanol–water partition coefficient (Wildman–Crippen LogP) is 3.06. The van der Waals surface area contributed by atoms with Crippen LogP contribution in [0.1, 0.15) is 25.8 Å². The van der Waals surface area contributed by atoms with Gasteiger partial charge in [0.2, 0.25) is 0 Å². The molecular formula is C15H22N2. The van der Waals surface area contributed by atoms with Crippen LogP contribution in [0.4, 0.5) is 0 Å². The Morgan fingerprint density at radius 1 is 1.24 bits per heavy atom. The number of hydrogen-bond donors (Lipinski definition) is 0. The zero-order valence-corrected chi connectivity index (χ0v) is 11.3. The van der Waals surface area contributed by atoms with Crippen LogP contribution >= 0.6 is 0 Å². The first kappa shape index (κ1) is 13.7. The smallest absolute Gasteiger partial charge is 0.0857 e. The monoisotopic (exact) mass is 230 g/mol. The Morgan fingerprint density at radius 3 is 2.24 bits per heavy atom. The summed E-state index contributed by atoms with van der Waals surface area (Å²) in [5.74, 6) is 0.315. The molecule has 0 aliphatic carbocycles. The molecule has 0 bridgehead atoms. The minimum absolute atomic E-state index is 0.315. The maximum Gasteiger partial charge on any atom is 0.0857 e. The molecule has 0 N–H and O–H groups in total. The van der Waals surface area contributed by atoms with Gasteiger partial charge in [0.05, 0.1) is 11.5 Å². The second kappa shape index (κ2) is 5.84. The van der Waals surface area contributed by atoms with Gasteiger partial charge < -0.3 is 4.90 Å². The number of hydrogen-bond acceptors (Lipinski definition) is 2. The highest BCUT2D eigenvalue weighted by molar-refractivity contribution is 5.33. The first-order valence-electron chi connectivity index (χ1n) is 6.14. The molecule has 1 rings (SSSR count). The van der Waals surface area contributed by atoms with E-state index >= 15 is 0 Å². The fraction of sp³-hybridized carbons (Fsp3) is 0.533. The Morgan fingerprint density at radius 2 is 1.82 bits per heavy atom. The summed E-state index contributed by atoms with van der Waals surface area (Å²) in [6.45, 7) is 5.19. The molecule has 0 aliphatic rings. The molecule has 0 saturated carbocycles. The van der Waals surface area contributed by atoms with E-state index in [0.29, 0.717) is 5.92 Å². The Balaban J connectivity index is 3.06. The van der Waals surface area contributed by atoms with Crippen LogP contribution in [0.3, 0.4) is 0 Å². The number of nitriles is 1. The number of nitrogens with zero attached hydrogens (tertiary/aromatic N) is 2. The van der Waals surface area contributed by atoms with Crippen molar-refractivity contribution >= 4 is 0 Å². The second-order valence-corrected chi connectivity index (χ2v) is 5.16. The zero-order valence-electron chi connectivity index (χ0n) is 11.3. The van der Waals surface area contributed by atoms with E-state index in [2.05, 4.69) is 36.9 Å². The molecule has 92 valence electrons. The first-order chi connectivity index (χ1) is 8.03. The Kier molecular flexibility index (Phi) is 4.72. The van der Waals surface area contributed by atoms with Crippen LogP contribution in [-0.4, -0.2) is 25.5 Å². The van der Waals surface area contributed by atoms with E-state index in [9.17, 15) is 5.26 Å². The molecule has 0 aromatic heterocycles. The molecule has 0 unspecified atom stereocenters. The summed E-state index contributed by atoms with van der Waals surface area (Å²) in [6.07, 6.45) is 0.873. The third kappa shape index (κ3) is 3.08. The van der Waals surface area contributed by atoms with Crippen LogP contribution in [0.5, 0.6) is 0 Å². The summed E-state index contributed by atoms with van der Waals surface area (Å²) in [4.78, 5) is 2.14. The average Bonchev–Trinajstić information content (AvgIpc) is 2.31. The van der Waals surface area contributed by atoms with Gasteiger partial charge in [-0.3, -0.25) is 0 Å². The second-order valence-electron chi connectivity index (χ2n) is 5.16. The van der Waals surface area contributed by atoms with Crippen LogP contribution in [0.25, 0.3) is 0 Å². The van der Waals surface area contributed by atoms with Gasteiger partial charge in [-0.2, -0.15) is 5.26 Å². The summed E-state index contributed by atoms with van der Waals surface area (Å²) in [6, 6.07) is 12.7. The molecule has 0 spiro atoms. The van der Waals surface area contributed by atoms with Gasteiger partial charge >= 0.3 is 0 Å². The van der Waals surface area contributed by atoms with Crippen molar-refractivity contribution in [3.05, 3.63) is 35.9 Å².